The molecule has 0 aliphatic rings. The molecule has 0 amide bonds. The first-order valence-corrected chi connectivity index (χ1v) is 4.65. The summed E-state index contributed by atoms with van der Waals surface area (Å²) in [7, 11) is 0. The molecule has 0 atom stereocenters. The van der Waals surface area contributed by atoms with Gasteiger partial charge in [0.25, 0.3) is 0 Å². The van der Waals surface area contributed by atoms with Gasteiger partial charge in [-0.2, -0.15) is 0 Å². The smallest absolute Gasteiger partial charge is 0.0697 e. The van der Waals surface area contributed by atoms with E-state index in [4.69, 9.17) is 0 Å². The fraction of sp³-hybridized carbons (Fsp3) is 0.182. The zero-order chi connectivity index (χ0) is 9.80. The molecule has 0 unspecified atom stereocenters. The van der Waals surface area contributed by atoms with Crippen molar-refractivity contribution in [1.29, 1.82) is 0 Å². The Bertz CT molecular complexity index is 375. The molecule has 0 fully saturated rings. The van der Waals surface area contributed by atoms with E-state index in [0.29, 0.717) is 0 Å². The van der Waals surface area contributed by atoms with Crippen LogP contribution in [0.4, 0.5) is 0 Å². The normalized spacial score (nSPS) is 10.4. The van der Waals surface area contributed by atoms with Gasteiger partial charge in [-0.15, -0.1) is 5.10 Å². The van der Waals surface area contributed by atoms with Gasteiger partial charge < -0.3 is 0 Å². The van der Waals surface area contributed by atoms with E-state index < -0.39 is 0 Å². The van der Waals surface area contributed by atoms with Crippen LogP contribution >= 0.6 is 0 Å². The molecule has 1 heterocycles. The highest BCUT2D eigenvalue weighted by Gasteiger charge is 1.96. The average molecular weight is 186 g/mol. The minimum absolute atomic E-state index is 0.933. The zero-order valence-electron chi connectivity index (χ0n) is 7.93. The maximum absolute atomic E-state index is 3.92. The lowest BCUT2D eigenvalue weighted by Crippen LogP contribution is -1.95. The lowest BCUT2D eigenvalue weighted by molar-refractivity contribution is 0.802. The topological polar surface area (TPSA) is 30.7 Å². The van der Waals surface area contributed by atoms with E-state index in [1.807, 2.05) is 18.3 Å². The second kappa shape index (κ2) is 4.05. The van der Waals surface area contributed by atoms with Gasteiger partial charge in [-0.05, 0) is 30.5 Å². The van der Waals surface area contributed by atoms with Crippen molar-refractivity contribution < 1.29 is 0 Å². The molecule has 0 bridgehead atoms. The van der Waals surface area contributed by atoms with Crippen molar-refractivity contribution in [2.45, 2.75) is 12.8 Å². The van der Waals surface area contributed by atoms with Gasteiger partial charge in [0.05, 0.1) is 18.1 Å². The van der Waals surface area contributed by atoms with E-state index >= 15 is 0 Å². The van der Waals surface area contributed by atoms with Crippen LogP contribution in [-0.2, 0) is 6.42 Å². The summed E-state index contributed by atoms with van der Waals surface area (Å²) in [4.78, 5) is 0. The third-order valence-corrected chi connectivity index (χ3v) is 2.09. The quantitative estimate of drug-likeness (QED) is 0.734. The summed E-state index contributed by atoms with van der Waals surface area (Å²) in [6, 6.07) is 8.28. The largest absolute Gasteiger partial charge is 0.221 e. The number of aromatic nitrogens is 3. The first-order chi connectivity index (χ1) is 6.90. The Kier molecular flexibility index (Phi) is 2.58. The molecule has 1 aromatic heterocycles. The van der Waals surface area contributed by atoms with E-state index in [-0.39, 0.29) is 0 Å². The van der Waals surface area contributed by atoms with Crippen molar-refractivity contribution >= 4 is 0 Å². The molecular weight excluding hydrogens is 174 g/mol. The van der Waals surface area contributed by atoms with Gasteiger partial charge in [-0.1, -0.05) is 24.3 Å². The fourth-order valence-electron chi connectivity index (χ4n) is 1.37. The van der Waals surface area contributed by atoms with Crippen molar-refractivity contribution in [2.24, 2.45) is 0 Å². The molecule has 3 heteroatoms. The first kappa shape index (κ1) is 8.94. The van der Waals surface area contributed by atoms with Gasteiger partial charge in [0.2, 0.25) is 0 Å². The van der Waals surface area contributed by atoms with Crippen molar-refractivity contribution in [3.63, 3.8) is 0 Å². The summed E-state index contributed by atoms with van der Waals surface area (Å²) in [5.41, 5.74) is 2.35. The Labute approximate surface area is 83.4 Å². The summed E-state index contributed by atoms with van der Waals surface area (Å²) in [5.74, 6) is 0. The molecule has 2 aromatic rings. The third-order valence-electron chi connectivity index (χ3n) is 2.09. The molecule has 1 aromatic carbocycles. The first-order valence-electron chi connectivity index (χ1n) is 4.65. The number of rotatable bonds is 3. The van der Waals surface area contributed by atoms with Crippen LogP contribution in [0.5, 0.6) is 0 Å². The number of benzene rings is 1. The van der Waals surface area contributed by atoms with E-state index in [0.717, 1.165) is 18.5 Å². The average Bonchev–Trinajstić information content (AvgIpc) is 2.72. The summed E-state index contributed by atoms with van der Waals surface area (Å²) >= 11 is 0. The van der Waals surface area contributed by atoms with Gasteiger partial charge in [-0.25, -0.2) is 4.68 Å². The minimum Gasteiger partial charge on any atom is -0.221 e. The summed E-state index contributed by atoms with van der Waals surface area (Å²) in [6.45, 7) is 3.83. The third kappa shape index (κ3) is 1.82. The van der Waals surface area contributed by atoms with Gasteiger partial charge in [0, 0.05) is 0 Å². The lowest BCUT2D eigenvalue weighted by atomic mass is 10.1. The van der Waals surface area contributed by atoms with Gasteiger partial charge in [-0.3, -0.25) is 0 Å². The number of aryl methyl sites for hydroxylation is 1. The standard InChI is InChI=1S/C11H12N3/c1-2-3-10-4-6-11(7-5-10)14-9-8-12-13-14/h4-9H,1-3H2. The molecule has 1 radical (unpaired) electrons. The molecule has 0 saturated heterocycles. The molecule has 0 aliphatic carbocycles. The van der Waals surface area contributed by atoms with Gasteiger partial charge >= 0.3 is 0 Å². The summed E-state index contributed by atoms with van der Waals surface area (Å²) < 4.78 is 1.74. The predicted octanol–water partition coefficient (Wildman–Crippen LogP) is 2.03. The maximum atomic E-state index is 3.92. The second-order valence-electron chi connectivity index (χ2n) is 3.12. The second-order valence-corrected chi connectivity index (χ2v) is 3.12. The Balaban J connectivity index is 2.22. The molecule has 14 heavy (non-hydrogen) atoms. The molecule has 0 aliphatic heterocycles. The van der Waals surface area contributed by atoms with Crippen LogP contribution in [0.2, 0.25) is 0 Å². The predicted molar refractivity (Wildman–Crippen MR) is 55.0 cm³/mol. The van der Waals surface area contributed by atoms with Crippen molar-refractivity contribution in [3.8, 4) is 5.69 Å². The van der Waals surface area contributed by atoms with Crippen LogP contribution in [0.15, 0.2) is 36.7 Å². The summed E-state index contributed by atoms with van der Waals surface area (Å²) in [6.07, 6.45) is 5.46. The van der Waals surface area contributed by atoms with Crippen LogP contribution < -0.4 is 0 Å². The Morgan fingerprint density at radius 3 is 2.57 bits per heavy atom. The minimum atomic E-state index is 0.933. The fourth-order valence-corrected chi connectivity index (χ4v) is 1.37. The van der Waals surface area contributed by atoms with Crippen LogP contribution in [0.1, 0.15) is 12.0 Å². The molecular formula is C11H12N3. The van der Waals surface area contributed by atoms with E-state index in [2.05, 4.69) is 29.4 Å². The molecule has 71 valence electrons. The lowest BCUT2D eigenvalue weighted by Gasteiger charge is -2.01. The van der Waals surface area contributed by atoms with E-state index in [9.17, 15) is 0 Å². The molecule has 0 spiro atoms. The van der Waals surface area contributed by atoms with Crippen LogP contribution in [0.25, 0.3) is 5.69 Å². The summed E-state index contributed by atoms with van der Waals surface area (Å²) in [5, 5.41) is 7.68. The van der Waals surface area contributed by atoms with Gasteiger partial charge in [0.1, 0.15) is 0 Å². The van der Waals surface area contributed by atoms with Crippen LogP contribution in [0, 0.1) is 6.92 Å². The zero-order valence-corrected chi connectivity index (χ0v) is 7.93. The SMILES string of the molecule is [CH2]CCc1ccc(-n2ccnn2)cc1. The molecule has 0 saturated carbocycles. The Morgan fingerprint density at radius 2 is 2.00 bits per heavy atom. The number of hydrogen-bond acceptors (Lipinski definition) is 2. The van der Waals surface area contributed by atoms with Crippen LogP contribution in [0.3, 0.4) is 0 Å². The Morgan fingerprint density at radius 1 is 1.21 bits per heavy atom. The highest BCUT2D eigenvalue weighted by atomic mass is 15.4. The van der Waals surface area contributed by atoms with Gasteiger partial charge in [0.15, 0.2) is 0 Å². The highest BCUT2D eigenvalue weighted by molar-refractivity contribution is 5.33. The molecule has 2 rings (SSSR count). The number of hydrogen-bond donors (Lipinski definition) is 0. The van der Waals surface area contributed by atoms with Crippen LogP contribution in [-0.4, -0.2) is 15.0 Å². The monoisotopic (exact) mass is 186 g/mol. The van der Waals surface area contributed by atoms with E-state index in [1.54, 1.807) is 10.9 Å². The van der Waals surface area contributed by atoms with Crippen molar-refractivity contribution in [2.75, 3.05) is 0 Å². The van der Waals surface area contributed by atoms with E-state index in [1.165, 1.54) is 5.56 Å². The highest BCUT2D eigenvalue weighted by Crippen LogP contribution is 2.09. The number of nitrogens with zero attached hydrogens (tertiary/aromatic N) is 3. The Hall–Kier alpha value is -1.64. The van der Waals surface area contributed by atoms with Crippen molar-refractivity contribution in [1.82, 2.24) is 15.0 Å². The molecule has 3 nitrogen and oxygen atoms in total. The van der Waals surface area contributed by atoms with Crippen molar-refractivity contribution in [3.05, 3.63) is 49.1 Å². The molecule has 0 N–H and O–H groups in total. The maximum Gasteiger partial charge on any atom is 0.0697 e.